The van der Waals surface area contributed by atoms with Crippen LogP contribution in [-0.2, 0) is 9.53 Å². The average molecular weight is 170 g/mol. The summed E-state index contributed by atoms with van der Waals surface area (Å²) in [6, 6.07) is 0. The molecule has 2 heteroatoms. The average Bonchev–Trinajstić information content (AvgIpc) is 1.85. The first-order valence-electron chi connectivity index (χ1n) is 4.29. The Bertz CT molecular complexity index is 185. The van der Waals surface area contributed by atoms with Gasteiger partial charge in [-0.2, -0.15) is 0 Å². The van der Waals surface area contributed by atoms with Gasteiger partial charge in [-0.3, -0.25) is 0 Å². The lowest BCUT2D eigenvalue weighted by atomic mass is 10.1. The van der Waals surface area contributed by atoms with Crippen molar-refractivity contribution in [2.24, 2.45) is 0 Å². The standard InChI is InChI=1S/C10H18O2/c1-6-8(7-2)9(11)12-10(3,4)5/h6H,7H2,1-5H3/b8-6+. The van der Waals surface area contributed by atoms with Crippen molar-refractivity contribution in [2.45, 2.75) is 46.6 Å². The Kier molecular flexibility index (Phi) is 4.01. The highest BCUT2D eigenvalue weighted by Gasteiger charge is 2.17. The molecule has 0 amide bonds. The number of carbonyl (C=O) groups excluding carboxylic acids is 1. The van der Waals surface area contributed by atoms with Crippen LogP contribution in [0.5, 0.6) is 0 Å². The number of carbonyl (C=O) groups is 1. The summed E-state index contributed by atoms with van der Waals surface area (Å²) < 4.78 is 5.17. The highest BCUT2D eigenvalue weighted by molar-refractivity contribution is 5.88. The molecular formula is C10H18O2. The zero-order valence-corrected chi connectivity index (χ0v) is 8.60. The highest BCUT2D eigenvalue weighted by Crippen LogP contribution is 2.12. The second-order valence-electron chi connectivity index (χ2n) is 3.67. The van der Waals surface area contributed by atoms with E-state index in [0.717, 1.165) is 12.0 Å². The Balaban J connectivity index is 4.23. The van der Waals surface area contributed by atoms with E-state index in [0.29, 0.717) is 0 Å². The van der Waals surface area contributed by atoms with Crippen molar-refractivity contribution in [3.8, 4) is 0 Å². The minimum atomic E-state index is -0.388. The first-order chi connectivity index (χ1) is 5.40. The van der Waals surface area contributed by atoms with E-state index in [1.165, 1.54) is 0 Å². The molecular weight excluding hydrogens is 152 g/mol. The van der Waals surface area contributed by atoms with E-state index in [1.54, 1.807) is 6.08 Å². The first-order valence-corrected chi connectivity index (χ1v) is 4.29. The fraction of sp³-hybridized carbons (Fsp3) is 0.700. The van der Waals surface area contributed by atoms with E-state index < -0.39 is 0 Å². The molecule has 0 saturated heterocycles. The monoisotopic (exact) mass is 170 g/mol. The maximum Gasteiger partial charge on any atom is 0.334 e. The lowest BCUT2D eigenvalue weighted by molar-refractivity contribution is -0.150. The first kappa shape index (κ1) is 11.2. The van der Waals surface area contributed by atoms with Gasteiger partial charge in [0, 0.05) is 5.57 Å². The molecule has 0 rings (SSSR count). The van der Waals surface area contributed by atoms with Crippen molar-refractivity contribution >= 4 is 5.97 Å². The van der Waals surface area contributed by atoms with Crippen molar-refractivity contribution in [3.63, 3.8) is 0 Å². The number of rotatable bonds is 2. The summed E-state index contributed by atoms with van der Waals surface area (Å²) in [5.41, 5.74) is 0.352. The van der Waals surface area contributed by atoms with Crippen LogP contribution < -0.4 is 0 Å². The van der Waals surface area contributed by atoms with E-state index in [1.807, 2.05) is 34.6 Å². The van der Waals surface area contributed by atoms with Crippen molar-refractivity contribution in [3.05, 3.63) is 11.6 Å². The molecule has 0 spiro atoms. The van der Waals surface area contributed by atoms with Gasteiger partial charge in [0.15, 0.2) is 0 Å². The molecule has 0 aliphatic heterocycles. The van der Waals surface area contributed by atoms with Gasteiger partial charge in [-0.15, -0.1) is 0 Å². The van der Waals surface area contributed by atoms with Crippen LogP contribution in [0.4, 0.5) is 0 Å². The van der Waals surface area contributed by atoms with Crippen molar-refractivity contribution in [1.29, 1.82) is 0 Å². The van der Waals surface area contributed by atoms with E-state index in [-0.39, 0.29) is 11.6 Å². The molecule has 0 aromatic rings. The van der Waals surface area contributed by atoms with Gasteiger partial charge >= 0.3 is 5.97 Å². The van der Waals surface area contributed by atoms with E-state index in [2.05, 4.69) is 0 Å². The van der Waals surface area contributed by atoms with Gasteiger partial charge in [-0.25, -0.2) is 4.79 Å². The van der Waals surface area contributed by atoms with Crippen molar-refractivity contribution < 1.29 is 9.53 Å². The number of hydrogen-bond donors (Lipinski definition) is 0. The molecule has 0 fully saturated rings. The zero-order valence-electron chi connectivity index (χ0n) is 8.60. The summed E-state index contributed by atoms with van der Waals surface area (Å²) in [6.07, 6.45) is 2.53. The Morgan fingerprint density at radius 3 is 2.17 bits per heavy atom. The summed E-state index contributed by atoms with van der Waals surface area (Å²) >= 11 is 0. The molecule has 0 heterocycles. The SMILES string of the molecule is C/C=C(\CC)C(=O)OC(C)(C)C. The second kappa shape index (κ2) is 4.29. The highest BCUT2D eigenvalue weighted by atomic mass is 16.6. The van der Waals surface area contributed by atoms with Gasteiger partial charge in [-0.1, -0.05) is 13.0 Å². The quantitative estimate of drug-likeness (QED) is 0.470. The molecule has 0 aromatic heterocycles. The third-order valence-electron chi connectivity index (χ3n) is 1.39. The fourth-order valence-corrected chi connectivity index (χ4v) is 0.810. The molecule has 2 nitrogen and oxygen atoms in total. The topological polar surface area (TPSA) is 26.3 Å². The zero-order chi connectivity index (χ0) is 9.78. The van der Waals surface area contributed by atoms with Gasteiger partial charge in [0.1, 0.15) is 5.60 Å². The molecule has 0 atom stereocenters. The van der Waals surface area contributed by atoms with Crippen molar-refractivity contribution in [1.82, 2.24) is 0 Å². The lowest BCUT2D eigenvalue weighted by Crippen LogP contribution is -2.24. The largest absolute Gasteiger partial charge is 0.457 e. The van der Waals surface area contributed by atoms with Crippen LogP contribution >= 0.6 is 0 Å². The van der Waals surface area contributed by atoms with Crippen LogP contribution in [0.2, 0.25) is 0 Å². The molecule has 12 heavy (non-hydrogen) atoms. The number of ether oxygens (including phenoxy) is 1. The van der Waals surface area contributed by atoms with Gasteiger partial charge < -0.3 is 4.74 Å². The third-order valence-corrected chi connectivity index (χ3v) is 1.39. The van der Waals surface area contributed by atoms with Crippen LogP contribution in [0.15, 0.2) is 11.6 Å². The molecule has 0 unspecified atom stereocenters. The molecule has 0 aliphatic rings. The van der Waals surface area contributed by atoms with E-state index in [4.69, 9.17) is 4.74 Å². The molecule has 0 aromatic carbocycles. The fourth-order valence-electron chi connectivity index (χ4n) is 0.810. The molecule has 0 saturated carbocycles. The maximum absolute atomic E-state index is 11.3. The minimum Gasteiger partial charge on any atom is -0.457 e. The van der Waals surface area contributed by atoms with Gasteiger partial charge in [0.25, 0.3) is 0 Å². The van der Waals surface area contributed by atoms with E-state index >= 15 is 0 Å². The molecule has 0 radical (unpaired) electrons. The normalized spacial score (nSPS) is 12.9. The molecule has 0 bridgehead atoms. The Morgan fingerprint density at radius 1 is 1.42 bits per heavy atom. The van der Waals surface area contributed by atoms with Crippen molar-refractivity contribution in [2.75, 3.05) is 0 Å². The number of hydrogen-bond acceptors (Lipinski definition) is 2. The van der Waals surface area contributed by atoms with Crippen LogP contribution in [0.25, 0.3) is 0 Å². The smallest absolute Gasteiger partial charge is 0.334 e. The van der Waals surface area contributed by atoms with Gasteiger partial charge in [-0.05, 0) is 34.1 Å². The number of esters is 1. The minimum absolute atomic E-state index is 0.201. The Labute approximate surface area is 74.6 Å². The summed E-state index contributed by atoms with van der Waals surface area (Å²) in [5, 5.41) is 0. The van der Waals surface area contributed by atoms with Crippen LogP contribution in [0.1, 0.15) is 41.0 Å². The van der Waals surface area contributed by atoms with Gasteiger partial charge in [0.2, 0.25) is 0 Å². The van der Waals surface area contributed by atoms with E-state index in [9.17, 15) is 4.79 Å². The molecule has 0 aliphatic carbocycles. The van der Waals surface area contributed by atoms with Crippen LogP contribution in [-0.4, -0.2) is 11.6 Å². The predicted molar refractivity (Wildman–Crippen MR) is 49.9 cm³/mol. The number of allylic oxidation sites excluding steroid dienone is 1. The molecule has 0 N–H and O–H groups in total. The second-order valence-corrected chi connectivity index (χ2v) is 3.67. The lowest BCUT2D eigenvalue weighted by Gasteiger charge is -2.20. The summed E-state index contributed by atoms with van der Waals surface area (Å²) in [7, 11) is 0. The predicted octanol–water partition coefficient (Wildman–Crippen LogP) is 2.68. The van der Waals surface area contributed by atoms with Crippen LogP contribution in [0, 0.1) is 0 Å². The third kappa shape index (κ3) is 4.16. The van der Waals surface area contributed by atoms with Crippen LogP contribution in [0.3, 0.4) is 0 Å². The molecule has 70 valence electrons. The maximum atomic E-state index is 11.3. The van der Waals surface area contributed by atoms with Gasteiger partial charge in [0.05, 0.1) is 0 Å². The summed E-state index contributed by atoms with van der Waals surface area (Å²) in [5.74, 6) is -0.201. The summed E-state index contributed by atoms with van der Waals surface area (Å²) in [4.78, 5) is 11.3. The summed E-state index contributed by atoms with van der Waals surface area (Å²) in [6.45, 7) is 9.40. The Morgan fingerprint density at radius 2 is 1.92 bits per heavy atom. The Hall–Kier alpha value is -0.790.